The van der Waals surface area contributed by atoms with Crippen molar-refractivity contribution in [2.24, 2.45) is 5.73 Å². The zero-order valence-electron chi connectivity index (χ0n) is 10.8. The second-order valence-corrected chi connectivity index (χ2v) is 4.12. The molecule has 1 aromatic carbocycles. The lowest BCUT2D eigenvalue weighted by Gasteiger charge is -2.06. The molecule has 0 atom stereocenters. The van der Waals surface area contributed by atoms with Gasteiger partial charge in [0.15, 0.2) is 5.82 Å². The van der Waals surface area contributed by atoms with E-state index in [-0.39, 0.29) is 5.91 Å². The van der Waals surface area contributed by atoms with Gasteiger partial charge in [0, 0.05) is 18.7 Å². The summed E-state index contributed by atoms with van der Waals surface area (Å²) in [6.07, 6.45) is 1.65. The summed E-state index contributed by atoms with van der Waals surface area (Å²) in [5, 5.41) is 10.6. The zero-order chi connectivity index (χ0) is 13.7. The van der Waals surface area contributed by atoms with Gasteiger partial charge in [0.2, 0.25) is 0 Å². The van der Waals surface area contributed by atoms with Crippen LogP contribution >= 0.6 is 0 Å². The largest absolute Gasteiger partial charge is 0.345 e. The van der Waals surface area contributed by atoms with E-state index in [4.69, 9.17) is 5.73 Å². The summed E-state index contributed by atoms with van der Waals surface area (Å²) in [6.45, 7) is 3.62. The first-order valence-corrected chi connectivity index (χ1v) is 6.18. The molecule has 6 nitrogen and oxygen atoms in total. The predicted octanol–water partition coefficient (Wildman–Crippen LogP) is 0.687. The van der Waals surface area contributed by atoms with Gasteiger partial charge in [0.1, 0.15) is 6.33 Å². The molecule has 0 saturated heterocycles. The highest BCUT2D eigenvalue weighted by atomic mass is 16.1. The van der Waals surface area contributed by atoms with Gasteiger partial charge in [0.05, 0.1) is 6.54 Å². The Bertz CT molecular complexity index is 546. The van der Waals surface area contributed by atoms with Crippen molar-refractivity contribution < 1.29 is 4.79 Å². The van der Waals surface area contributed by atoms with E-state index in [1.54, 1.807) is 18.5 Å². The fourth-order valence-electron chi connectivity index (χ4n) is 1.73. The van der Waals surface area contributed by atoms with Gasteiger partial charge in [-0.15, -0.1) is 10.2 Å². The molecule has 0 unspecified atom stereocenters. The van der Waals surface area contributed by atoms with E-state index in [1.165, 1.54) is 0 Å². The quantitative estimate of drug-likeness (QED) is 0.827. The molecule has 1 aromatic heterocycles. The molecule has 19 heavy (non-hydrogen) atoms. The maximum Gasteiger partial charge on any atom is 0.251 e. The minimum absolute atomic E-state index is 0.130. The first-order valence-electron chi connectivity index (χ1n) is 6.18. The summed E-state index contributed by atoms with van der Waals surface area (Å²) in [6, 6.07) is 7.23. The van der Waals surface area contributed by atoms with Gasteiger partial charge in [-0.2, -0.15) is 0 Å². The molecule has 3 N–H and O–H groups in total. The topological polar surface area (TPSA) is 85.8 Å². The Kier molecular flexibility index (Phi) is 4.25. The van der Waals surface area contributed by atoms with Crippen LogP contribution in [0.2, 0.25) is 0 Å². The zero-order valence-corrected chi connectivity index (χ0v) is 10.8. The molecule has 0 aliphatic rings. The van der Waals surface area contributed by atoms with E-state index in [1.807, 2.05) is 23.6 Å². The Labute approximate surface area is 111 Å². The molecule has 2 rings (SSSR count). The van der Waals surface area contributed by atoms with Crippen molar-refractivity contribution in [1.82, 2.24) is 20.1 Å². The lowest BCUT2D eigenvalue weighted by molar-refractivity contribution is 0.0949. The predicted molar refractivity (Wildman–Crippen MR) is 71.2 cm³/mol. The highest BCUT2D eigenvalue weighted by Crippen LogP contribution is 2.04. The lowest BCUT2D eigenvalue weighted by Crippen LogP contribution is -2.24. The van der Waals surface area contributed by atoms with Crippen molar-refractivity contribution in [2.75, 3.05) is 0 Å². The molecule has 1 amide bonds. The number of nitrogens with two attached hydrogens (primary N) is 1. The molecule has 100 valence electrons. The Morgan fingerprint density at radius 2 is 2.11 bits per heavy atom. The van der Waals surface area contributed by atoms with E-state index < -0.39 is 0 Å². The molecule has 0 spiro atoms. The number of nitrogens with zero attached hydrogens (tertiary/aromatic N) is 3. The van der Waals surface area contributed by atoms with Crippen molar-refractivity contribution in [3.8, 4) is 0 Å². The number of aryl methyl sites for hydroxylation is 1. The van der Waals surface area contributed by atoms with Crippen LogP contribution in [0.1, 0.15) is 28.7 Å². The molecule has 0 fully saturated rings. The lowest BCUT2D eigenvalue weighted by atomic mass is 10.1. The first kappa shape index (κ1) is 13.2. The fraction of sp³-hybridized carbons (Fsp3) is 0.308. The Hall–Kier alpha value is -2.21. The third-order valence-corrected chi connectivity index (χ3v) is 2.90. The van der Waals surface area contributed by atoms with Crippen molar-refractivity contribution >= 4 is 5.91 Å². The van der Waals surface area contributed by atoms with E-state index in [2.05, 4.69) is 15.5 Å². The van der Waals surface area contributed by atoms with Crippen molar-refractivity contribution in [1.29, 1.82) is 0 Å². The maximum atomic E-state index is 11.9. The normalized spacial score (nSPS) is 10.4. The number of carbonyl (C=O) groups is 1. The van der Waals surface area contributed by atoms with Crippen molar-refractivity contribution in [3.05, 3.63) is 47.5 Å². The summed E-state index contributed by atoms with van der Waals surface area (Å²) < 4.78 is 1.89. The van der Waals surface area contributed by atoms with Crippen molar-refractivity contribution in [2.45, 2.75) is 26.6 Å². The van der Waals surface area contributed by atoms with Crippen LogP contribution < -0.4 is 11.1 Å². The highest BCUT2D eigenvalue weighted by Gasteiger charge is 2.07. The number of hydrogen-bond donors (Lipinski definition) is 2. The number of benzene rings is 1. The number of nitrogens with one attached hydrogen (secondary N) is 1. The average molecular weight is 259 g/mol. The van der Waals surface area contributed by atoms with Gasteiger partial charge < -0.3 is 15.6 Å². The van der Waals surface area contributed by atoms with Crippen LogP contribution in [-0.4, -0.2) is 20.7 Å². The standard InChI is InChI=1S/C13H17N5O/c1-2-18-9-16-17-12(18)8-15-13(19)11-5-3-10(7-14)4-6-11/h3-6,9H,2,7-8,14H2,1H3,(H,15,19). The third-order valence-electron chi connectivity index (χ3n) is 2.90. The molecule has 0 aliphatic carbocycles. The number of hydrogen-bond acceptors (Lipinski definition) is 4. The molecule has 6 heteroatoms. The van der Waals surface area contributed by atoms with Crippen LogP contribution in [0.5, 0.6) is 0 Å². The van der Waals surface area contributed by atoms with E-state index in [0.29, 0.717) is 18.7 Å². The van der Waals surface area contributed by atoms with Gasteiger partial charge in [-0.25, -0.2) is 0 Å². The van der Waals surface area contributed by atoms with Crippen LogP contribution in [-0.2, 0) is 19.6 Å². The second kappa shape index (κ2) is 6.10. The Morgan fingerprint density at radius 3 is 2.74 bits per heavy atom. The molecule has 2 aromatic rings. The van der Waals surface area contributed by atoms with Crippen molar-refractivity contribution in [3.63, 3.8) is 0 Å². The first-order chi connectivity index (χ1) is 9.24. The van der Waals surface area contributed by atoms with Crippen LogP contribution in [0, 0.1) is 0 Å². The average Bonchev–Trinajstić information content (AvgIpc) is 2.92. The SMILES string of the molecule is CCn1cnnc1CNC(=O)c1ccc(CN)cc1. The molecule has 0 aliphatic heterocycles. The van der Waals surface area contributed by atoms with Crippen LogP contribution in [0.3, 0.4) is 0 Å². The van der Waals surface area contributed by atoms with Gasteiger partial charge in [-0.05, 0) is 24.6 Å². The molecule has 0 bridgehead atoms. The second-order valence-electron chi connectivity index (χ2n) is 4.12. The van der Waals surface area contributed by atoms with Gasteiger partial charge in [-0.3, -0.25) is 4.79 Å². The Balaban J connectivity index is 1.97. The molecule has 1 heterocycles. The number of aromatic nitrogens is 3. The summed E-state index contributed by atoms with van der Waals surface area (Å²) >= 11 is 0. The summed E-state index contributed by atoms with van der Waals surface area (Å²) in [7, 11) is 0. The molecule has 0 saturated carbocycles. The Morgan fingerprint density at radius 1 is 1.37 bits per heavy atom. The van der Waals surface area contributed by atoms with Crippen LogP contribution in [0.15, 0.2) is 30.6 Å². The minimum Gasteiger partial charge on any atom is -0.345 e. The highest BCUT2D eigenvalue weighted by molar-refractivity contribution is 5.94. The fourth-order valence-corrected chi connectivity index (χ4v) is 1.73. The van der Waals surface area contributed by atoms with E-state index in [9.17, 15) is 4.79 Å². The summed E-state index contributed by atoms with van der Waals surface area (Å²) in [5.74, 6) is 0.614. The number of rotatable bonds is 5. The third kappa shape index (κ3) is 3.17. The minimum atomic E-state index is -0.130. The molecule has 0 radical (unpaired) electrons. The maximum absolute atomic E-state index is 11.9. The monoisotopic (exact) mass is 259 g/mol. The van der Waals surface area contributed by atoms with Crippen LogP contribution in [0.25, 0.3) is 0 Å². The number of amides is 1. The smallest absolute Gasteiger partial charge is 0.251 e. The van der Waals surface area contributed by atoms with Crippen LogP contribution in [0.4, 0.5) is 0 Å². The molecular formula is C13H17N5O. The van der Waals surface area contributed by atoms with E-state index in [0.717, 1.165) is 17.9 Å². The summed E-state index contributed by atoms with van der Waals surface area (Å²) in [4.78, 5) is 11.9. The van der Waals surface area contributed by atoms with E-state index >= 15 is 0 Å². The number of carbonyl (C=O) groups excluding carboxylic acids is 1. The van der Waals surface area contributed by atoms with Gasteiger partial charge >= 0.3 is 0 Å². The molecular weight excluding hydrogens is 242 g/mol. The van der Waals surface area contributed by atoms with Gasteiger partial charge in [0.25, 0.3) is 5.91 Å². The summed E-state index contributed by atoms with van der Waals surface area (Å²) in [5.41, 5.74) is 7.13. The van der Waals surface area contributed by atoms with Gasteiger partial charge in [-0.1, -0.05) is 12.1 Å².